The zero-order chi connectivity index (χ0) is 29.4. The van der Waals surface area contributed by atoms with Crippen LogP contribution in [-0.2, 0) is 24.0 Å². The Morgan fingerprint density at radius 3 is 2.02 bits per heavy atom. The van der Waals surface area contributed by atoms with Gasteiger partial charge >= 0.3 is 5.69 Å². The molecule has 2 heterocycles. The van der Waals surface area contributed by atoms with Gasteiger partial charge in [0.2, 0.25) is 8.17 Å². The normalized spacial score (nSPS) is 22.2. The molecular formula is C26H48N3O9PS. The topological polar surface area (TPSA) is 170 Å². The summed E-state index contributed by atoms with van der Waals surface area (Å²) in [6.45, 7) is 1.69. The standard InChI is InChI=1S/C26H48N3O9PS/c1-3-4-5-6-7-8-9-10-11-12-13-14-15-16-19-40(34,35)28-39(33)38-23-21(20-30)37-25(24(23)36-2)29-18-17-22(31)27-26(29)32/h17-18,21,23-25,30,39H,3-16,19-20H2,1-2H3,(H,28,33)(H,27,31,32). The van der Waals surface area contributed by atoms with Crippen LogP contribution in [0.3, 0.4) is 0 Å². The van der Waals surface area contributed by atoms with E-state index in [1.807, 2.05) is 0 Å². The molecule has 2 rings (SSSR count). The molecule has 1 aliphatic rings. The summed E-state index contributed by atoms with van der Waals surface area (Å²) in [5, 5.41) is 9.74. The van der Waals surface area contributed by atoms with E-state index in [1.54, 1.807) is 0 Å². The van der Waals surface area contributed by atoms with Gasteiger partial charge in [0.15, 0.2) is 6.23 Å². The van der Waals surface area contributed by atoms with E-state index in [0.717, 1.165) is 36.3 Å². The van der Waals surface area contributed by atoms with Gasteiger partial charge in [-0.15, -0.1) is 4.15 Å². The second-order valence-corrected chi connectivity index (χ2v) is 13.4. The van der Waals surface area contributed by atoms with Crippen LogP contribution in [0.2, 0.25) is 0 Å². The minimum Gasteiger partial charge on any atom is -0.394 e. The number of ether oxygens (including phenoxy) is 2. The lowest BCUT2D eigenvalue weighted by Crippen LogP contribution is -2.39. The molecule has 1 aliphatic heterocycles. The first kappa shape index (κ1) is 34.9. The van der Waals surface area contributed by atoms with Crippen molar-refractivity contribution in [3.63, 3.8) is 0 Å². The first-order chi connectivity index (χ1) is 19.2. The summed E-state index contributed by atoms with van der Waals surface area (Å²) in [5.41, 5.74) is -1.35. The van der Waals surface area contributed by atoms with Crippen LogP contribution in [0.15, 0.2) is 26.0 Å². The molecule has 0 saturated carbocycles. The lowest BCUT2D eigenvalue weighted by molar-refractivity contribution is -0.0625. The minimum atomic E-state index is -3.91. The first-order valence-electron chi connectivity index (χ1n) is 14.5. The fourth-order valence-corrected chi connectivity index (χ4v) is 7.47. The summed E-state index contributed by atoms with van der Waals surface area (Å²) in [5.74, 6) is -0.184. The van der Waals surface area contributed by atoms with E-state index in [1.165, 1.54) is 71.1 Å². The van der Waals surface area contributed by atoms with Crippen molar-refractivity contribution in [1.29, 1.82) is 0 Å². The van der Waals surface area contributed by atoms with Crippen molar-refractivity contribution in [2.24, 2.45) is 4.15 Å². The first-order valence-corrected chi connectivity index (χ1v) is 17.4. The largest absolute Gasteiger partial charge is 0.394 e. The van der Waals surface area contributed by atoms with E-state index >= 15 is 0 Å². The Balaban J connectivity index is 1.73. The number of nitrogens with zero attached hydrogens (tertiary/aromatic N) is 2. The van der Waals surface area contributed by atoms with Crippen LogP contribution in [0.5, 0.6) is 0 Å². The van der Waals surface area contributed by atoms with E-state index in [-0.39, 0.29) is 5.75 Å². The van der Waals surface area contributed by atoms with Gasteiger partial charge in [-0.2, -0.15) is 0 Å². The van der Waals surface area contributed by atoms with Gasteiger partial charge in [0.05, 0.1) is 12.4 Å². The maximum Gasteiger partial charge on any atom is 0.330 e. The number of sulfonamides is 1. The van der Waals surface area contributed by atoms with Crippen LogP contribution in [0, 0.1) is 0 Å². The van der Waals surface area contributed by atoms with E-state index in [9.17, 15) is 28.0 Å². The molecule has 0 aliphatic carbocycles. The molecule has 1 saturated heterocycles. The SMILES string of the molecule is CCCCCCCCCCCCCCCCS(=O)(=O)/N=[PH](/O)OC1C(CO)OC(n2ccc(=O)[nH]c2=O)C1OC. The van der Waals surface area contributed by atoms with E-state index in [0.29, 0.717) is 6.42 Å². The number of methoxy groups -OCH3 is 1. The Hall–Kier alpha value is -1.34. The van der Waals surface area contributed by atoms with Gasteiger partial charge < -0.3 is 24.0 Å². The predicted octanol–water partition coefficient (Wildman–Crippen LogP) is 3.86. The molecule has 5 atom stereocenters. The number of rotatable bonds is 21. The van der Waals surface area contributed by atoms with Gasteiger partial charge in [-0.25, -0.2) is 13.2 Å². The van der Waals surface area contributed by atoms with Crippen LogP contribution in [0.1, 0.15) is 103 Å². The molecule has 5 unspecified atom stereocenters. The molecule has 0 aromatic carbocycles. The highest BCUT2D eigenvalue weighted by molar-refractivity contribution is 7.92. The van der Waals surface area contributed by atoms with Crippen LogP contribution in [0.4, 0.5) is 0 Å². The number of H-pyrrole nitrogens is 1. The molecule has 12 nitrogen and oxygen atoms in total. The van der Waals surface area contributed by atoms with E-state index in [2.05, 4.69) is 16.1 Å². The Morgan fingerprint density at radius 2 is 1.52 bits per heavy atom. The maximum atomic E-state index is 12.4. The Labute approximate surface area is 238 Å². The van der Waals surface area contributed by atoms with E-state index in [4.69, 9.17) is 14.0 Å². The second-order valence-electron chi connectivity index (χ2n) is 10.3. The number of aromatic amines is 1. The van der Waals surface area contributed by atoms with Crippen molar-refractivity contribution in [1.82, 2.24) is 9.55 Å². The predicted molar refractivity (Wildman–Crippen MR) is 155 cm³/mol. The third kappa shape index (κ3) is 12.3. The van der Waals surface area contributed by atoms with Gasteiger partial charge in [-0.3, -0.25) is 14.3 Å². The summed E-state index contributed by atoms with van der Waals surface area (Å²) in [4.78, 5) is 36.1. The molecule has 1 aromatic heterocycles. The van der Waals surface area contributed by atoms with Gasteiger partial charge in [0.25, 0.3) is 15.6 Å². The Morgan fingerprint density at radius 1 is 0.975 bits per heavy atom. The van der Waals surface area contributed by atoms with Gasteiger partial charge in [0.1, 0.15) is 18.3 Å². The Kier molecular flexibility index (Phi) is 16.5. The van der Waals surface area contributed by atoms with Crippen molar-refractivity contribution in [3.05, 3.63) is 33.1 Å². The second kappa shape index (κ2) is 19.0. The molecule has 40 heavy (non-hydrogen) atoms. The van der Waals surface area contributed by atoms with Crippen molar-refractivity contribution in [3.8, 4) is 0 Å². The summed E-state index contributed by atoms with van der Waals surface area (Å²) in [7, 11) is -5.77. The average molecular weight is 610 g/mol. The fourth-order valence-electron chi connectivity index (χ4n) is 4.89. The van der Waals surface area contributed by atoms with Crippen LogP contribution in [0.25, 0.3) is 0 Å². The van der Waals surface area contributed by atoms with Crippen molar-refractivity contribution < 1.29 is 32.4 Å². The average Bonchev–Trinajstić information content (AvgIpc) is 3.25. The number of unbranched alkanes of at least 4 members (excludes halogenated alkanes) is 13. The Bertz CT molecular complexity index is 1110. The minimum absolute atomic E-state index is 0.184. The van der Waals surface area contributed by atoms with Gasteiger partial charge in [-0.1, -0.05) is 90.4 Å². The summed E-state index contributed by atoms with van der Waals surface area (Å²) in [6.07, 6.45) is 13.2. The van der Waals surface area contributed by atoms with Crippen molar-refractivity contribution in [2.75, 3.05) is 19.5 Å². The molecule has 0 radical (unpaired) electrons. The molecule has 1 fully saturated rings. The number of aliphatic hydroxyl groups excluding tert-OH is 1. The molecule has 0 spiro atoms. The van der Waals surface area contributed by atoms with Crippen molar-refractivity contribution in [2.45, 2.75) is 121 Å². The zero-order valence-corrected chi connectivity index (χ0v) is 25.6. The van der Waals surface area contributed by atoms with Crippen molar-refractivity contribution >= 4 is 18.2 Å². The summed E-state index contributed by atoms with van der Waals surface area (Å²) >= 11 is 0. The smallest absolute Gasteiger partial charge is 0.330 e. The fraction of sp³-hybridized carbons (Fsp3) is 0.846. The summed E-state index contributed by atoms with van der Waals surface area (Å²) < 4.78 is 46.0. The highest BCUT2D eigenvalue weighted by atomic mass is 32.2. The maximum absolute atomic E-state index is 12.4. The lowest BCUT2D eigenvalue weighted by Gasteiger charge is -2.23. The number of aromatic nitrogens is 2. The lowest BCUT2D eigenvalue weighted by atomic mass is 10.0. The number of hydrogen-bond donors (Lipinski definition) is 3. The molecule has 0 amide bonds. The molecule has 14 heteroatoms. The number of nitrogens with one attached hydrogen (secondary N) is 1. The van der Waals surface area contributed by atoms with Crippen LogP contribution >= 0.6 is 8.17 Å². The number of aliphatic hydroxyl groups is 1. The van der Waals surface area contributed by atoms with Gasteiger partial charge in [0, 0.05) is 19.4 Å². The third-order valence-corrected chi connectivity index (χ3v) is 10.1. The third-order valence-electron chi connectivity index (χ3n) is 7.08. The molecule has 0 bridgehead atoms. The molecule has 1 aromatic rings. The van der Waals surface area contributed by atoms with Crippen LogP contribution < -0.4 is 11.2 Å². The quantitative estimate of drug-likeness (QED) is 0.138. The van der Waals surface area contributed by atoms with Crippen LogP contribution in [-0.4, -0.2) is 65.8 Å². The molecular weight excluding hydrogens is 561 g/mol. The van der Waals surface area contributed by atoms with Gasteiger partial charge in [-0.05, 0) is 6.42 Å². The van der Waals surface area contributed by atoms with E-state index < -0.39 is 60.6 Å². The zero-order valence-electron chi connectivity index (χ0n) is 23.8. The number of hydrogen-bond acceptors (Lipinski definition) is 8. The highest BCUT2D eigenvalue weighted by Crippen LogP contribution is 2.38. The highest BCUT2D eigenvalue weighted by Gasteiger charge is 2.47. The summed E-state index contributed by atoms with van der Waals surface area (Å²) in [6, 6.07) is 1.13. The monoisotopic (exact) mass is 609 g/mol. The molecule has 232 valence electrons. The molecule has 3 N–H and O–H groups in total.